The van der Waals surface area contributed by atoms with E-state index in [2.05, 4.69) is 0 Å². The van der Waals surface area contributed by atoms with Gasteiger partial charge in [-0.05, 0) is 31.5 Å². The standard InChI is InChI=1S/C13H16FNO2/c14-11-4-1-3-10(7-11)13(17)9-15-6-2-5-12(16)8-15/h1,3-4,7,12,16H,2,5-6,8-9H2. The first kappa shape index (κ1) is 12.2. The van der Waals surface area contributed by atoms with E-state index >= 15 is 0 Å². The zero-order valence-corrected chi connectivity index (χ0v) is 9.60. The Kier molecular flexibility index (Phi) is 3.86. The third kappa shape index (κ3) is 3.35. The molecule has 0 saturated carbocycles. The van der Waals surface area contributed by atoms with Gasteiger partial charge in [0.25, 0.3) is 0 Å². The molecule has 1 atom stereocenters. The van der Waals surface area contributed by atoms with Crippen LogP contribution in [0.2, 0.25) is 0 Å². The number of carbonyl (C=O) groups is 1. The minimum Gasteiger partial charge on any atom is -0.392 e. The summed E-state index contributed by atoms with van der Waals surface area (Å²) < 4.78 is 13.0. The predicted octanol–water partition coefficient (Wildman–Crippen LogP) is 1.47. The predicted molar refractivity (Wildman–Crippen MR) is 62.4 cm³/mol. The first-order valence-electron chi connectivity index (χ1n) is 5.84. The van der Waals surface area contributed by atoms with Crippen LogP contribution in [0.15, 0.2) is 24.3 Å². The van der Waals surface area contributed by atoms with Gasteiger partial charge in [-0.2, -0.15) is 0 Å². The molecule has 1 N–H and O–H groups in total. The quantitative estimate of drug-likeness (QED) is 0.809. The van der Waals surface area contributed by atoms with Crippen molar-refractivity contribution in [3.8, 4) is 0 Å². The molecule has 1 unspecified atom stereocenters. The van der Waals surface area contributed by atoms with Gasteiger partial charge in [-0.15, -0.1) is 0 Å². The minimum atomic E-state index is -0.394. The summed E-state index contributed by atoms with van der Waals surface area (Å²) in [6, 6.07) is 5.73. The number of halogens is 1. The van der Waals surface area contributed by atoms with Crippen molar-refractivity contribution in [3.63, 3.8) is 0 Å². The fraction of sp³-hybridized carbons (Fsp3) is 0.462. The molecule has 1 aromatic carbocycles. The zero-order valence-electron chi connectivity index (χ0n) is 9.60. The molecule has 0 amide bonds. The number of benzene rings is 1. The van der Waals surface area contributed by atoms with Crippen LogP contribution in [0.3, 0.4) is 0 Å². The van der Waals surface area contributed by atoms with Gasteiger partial charge in [0, 0.05) is 12.1 Å². The van der Waals surface area contributed by atoms with E-state index in [-0.39, 0.29) is 18.4 Å². The van der Waals surface area contributed by atoms with Crippen LogP contribution < -0.4 is 0 Å². The van der Waals surface area contributed by atoms with Crippen LogP contribution in [0.25, 0.3) is 0 Å². The van der Waals surface area contributed by atoms with Gasteiger partial charge in [-0.25, -0.2) is 4.39 Å². The third-order valence-corrected chi connectivity index (χ3v) is 2.99. The van der Waals surface area contributed by atoms with Crippen molar-refractivity contribution < 1.29 is 14.3 Å². The zero-order chi connectivity index (χ0) is 12.3. The van der Waals surface area contributed by atoms with Crippen LogP contribution in [0.1, 0.15) is 23.2 Å². The summed E-state index contributed by atoms with van der Waals surface area (Å²) in [5, 5.41) is 9.49. The first-order chi connectivity index (χ1) is 8.15. The van der Waals surface area contributed by atoms with E-state index in [0.29, 0.717) is 12.1 Å². The van der Waals surface area contributed by atoms with Gasteiger partial charge in [0.1, 0.15) is 5.82 Å². The topological polar surface area (TPSA) is 40.5 Å². The third-order valence-electron chi connectivity index (χ3n) is 2.99. The van der Waals surface area contributed by atoms with Crippen molar-refractivity contribution >= 4 is 5.78 Å². The largest absolute Gasteiger partial charge is 0.392 e. The number of aliphatic hydroxyl groups excluding tert-OH is 1. The lowest BCUT2D eigenvalue weighted by Crippen LogP contribution is -2.41. The highest BCUT2D eigenvalue weighted by atomic mass is 19.1. The summed E-state index contributed by atoms with van der Waals surface area (Å²) in [4.78, 5) is 13.8. The van der Waals surface area contributed by atoms with Crippen molar-refractivity contribution in [1.82, 2.24) is 4.90 Å². The summed E-state index contributed by atoms with van der Waals surface area (Å²) in [5.74, 6) is -0.492. The van der Waals surface area contributed by atoms with Gasteiger partial charge in [-0.3, -0.25) is 9.69 Å². The van der Waals surface area contributed by atoms with Crippen LogP contribution in [0, 0.1) is 5.82 Å². The fourth-order valence-electron chi connectivity index (χ4n) is 2.13. The van der Waals surface area contributed by atoms with Crippen LogP contribution >= 0.6 is 0 Å². The summed E-state index contributed by atoms with van der Waals surface area (Å²) >= 11 is 0. The Bertz CT molecular complexity index is 408. The Hall–Kier alpha value is -1.26. The van der Waals surface area contributed by atoms with Gasteiger partial charge < -0.3 is 5.11 Å². The molecule has 1 fully saturated rings. The molecule has 1 aliphatic rings. The monoisotopic (exact) mass is 237 g/mol. The van der Waals surface area contributed by atoms with E-state index in [1.807, 2.05) is 4.90 Å². The van der Waals surface area contributed by atoms with Gasteiger partial charge in [0.05, 0.1) is 12.6 Å². The summed E-state index contributed by atoms with van der Waals surface area (Å²) in [6.45, 7) is 1.60. The molecule has 1 aromatic rings. The second-order valence-electron chi connectivity index (χ2n) is 4.46. The molecule has 92 valence electrons. The summed E-state index contributed by atoms with van der Waals surface area (Å²) in [6.07, 6.45) is 1.35. The van der Waals surface area contributed by atoms with Crippen LogP contribution in [0.5, 0.6) is 0 Å². The molecule has 1 saturated heterocycles. The van der Waals surface area contributed by atoms with Crippen LogP contribution in [0.4, 0.5) is 4.39 Å². The minimum absolute atomic E-state index is 0.0985. The fourth-order valence-corrected chi connectivity index (χ4v) is 2.13. The average molecular weight is 237 g/mol. The Labute approximate surface area is 99.9 Å². The molecule has 1 heterocycles. The van der Waals surface area contributed by atoms with Crippen LogP contribution in [-0.4, -0.2) is 41.5 Å². The summed E-state index contributed by atoms with van der Waals surface area (Å²) in [7, 11) is 0. The Morgan fingerprint density at radius 1 is 1.53 bits per heavy atom. The van der Waals surface area contributed by atoms with Crippen molar-refractivity contribution in [2.75, 3.05) is 19.6 Å². The van der Waals surface area contributed by atoms with Crippen molar-refractivity contribution in [2.45, 2.75) is 18.9 Å². The number of hydrogen-bond donors (Lipinski definition) is 1. The summed E-state index contributed by atoms with van der Waals surface area (Å²) in [5.41, 5.74) is 0.394. The average Bonchev–Trinajstić information content (AvgIpc) is 2.29. The van der Waals surface area contributed by atoms with E-state index in [9.17, 15) is 14.3 Å². The molecule has 0 aromatic heterocycles. The normalized spacial score (nSPS) is 21.4. The number of ketones is 1. The molecular weight excluding hydrogens is 221 g/mol. The van der Waals surface area contributed by atoms with Crippen LogP contribution in [-0.2, 0) is 0 Å². The Balaban J connectivity index is 1.97. The Morgan fingerprint density at radius 2 is 2.35 bits per heavy atom. The van der Waals surface area contributed by atoms with Gasteiger partial charge in [0.15, 0.2) is 5.78 Å². The van der Waals surface area contributed by atoms with Crippen molar-refractivity contribution in [2.24, 2.45) is 0 Å². The molecule has 0 radical (unpaired) electrons. The lowest BCUT2D eigenvalue weighted by molar-refractivity contribution is 0.0634. The lowest BCUT2D eigenvalue weighted by Gasteiger charge is -2.29. The van der Waals surface area contributed by atoms with Gasteiger partial charge in [-0.1, -0.05) is 12.1 Å². The van der Waals surface area contributed by atoms with Crippen molar-refractivity contribution in [3.05, 3.63) is 35.6 Å². The first-order valence-corrected chi connectivity index (χ1v) is 5.84. The molecule has 4 heteroatoms. The number of carbonyl (C=O) groups excluding carboxylic acids is 1. The number of likely N-dealkylation sites (tertiary alicyclic amines) is 1. The number of nitrogens with zero attached hydrogens (tertiary/aromatic N) is 1. The number of piperidine rings is 1. The molecular formula is C13H16FNO2. The second kappa shape index (κ2) is 5.38. The van der Waals surface area contributed by atoms with Gasteiger partial charge >= 0.3 is 0 Å². The number of hydrogen-bond acceptors (Lipinski definition) is 3. The Morgan fingerprint density at radius 3 is 3.06 bits per heavy atom. The maximum Gasteiger partial charge on any atom is 0.176 e. The lowest BCUT2D eigenvalue weighted by atomic mass is 10.1. The highest BCUT2D eigenvalue weighted by molar-refractivity contribution is 5.97. The molecule has 0 spiro atoms. The maximum atomic E-state index is 13.0. The second-order valence-corrected chi connectivity index (χ2v) is 4.46. The molecule has 2 rings (SSSR count). The molecule has 17 heavy (non-hydrogen) atoms. The van der Waals surface area contributed by atoms with E-state index in [4.69, 9.17) is 0 Å². The molecule has 0 aliphatic carbocycles. The van der Waals surface area contributed by atoms with E-state index in [1.54, 1.807) is 6.07 Å². The SMILES string of the molecule is O=C(CN1CCCC(O)C1)c1cccc(F)c1. The number of aliphatic hydroxyl groups is 1. The molecule has 0 bridgehead atoms. The number of β-amino-alcohol motifs (C(OH)–C–C–N with tert-alkyl or cyclic N) is 1. The molecule has 3 nitrogen and oxygen atoms in total. The number of rotatable bonds is 3. The van der Waals surface area contributed by atoms with E-state index in [0.717, 1.165) is 19.4 Å². The van der Waals surface area contributed by atoms with E-state index in [1.165, 1.54) is 18.2 Å². The maximum absolute atomic E-state index is 13.0. The number of Topliss-reactive ketones (excluding diaryl/α,β-unsaturated/α-hetero) is 1. The smallest absolute Gasteiger partial charge is 0.176 e. The highest BCUT2D eigenvalue weighted by Gasteiger charge is 2.20. The van der Waals surface area contributed by atoms with E-state index < -0.39 is 5.82 Å². The molecule has 1 aliphatic heterocycles. The van der Waals surface area contributed by atoms with Crippen molar-refractivity contribution in [1.29, 1.82) is 0 Å². The van der Waals surface area contributed by atoms with Gasteiger partial charge in [0.2, 0.25) is 0 Å². The highest BCUT2D eigenvalue weighted by Crippen LogP contribution is 2.11.